The van der Waals surface area contributed by atoms with E-state index < -0.39 is 123 Å². The first-order valence-electron chi connectivity index (χ1n) is 27.9. The molecule has 4 aliphatic carbocycles. The van der Waals surface area contributed by atoms with Gasteiger partial charge in [-0.25, -0.2) is 14.4 Å². The number of nitrogens with one attached hydrogen (secondary N) is 1. The molecule has 12 atom stereocenters. The van der Waals surface area contributed by atoms with E-state index in [1.54, 1.807) is 76.2 Å². The second-order valence-electron chi connectivity index (χ2n) is 22.8. The highest BCUT2D eigenvalue weighted by atomic mass is 16.6. The molecule has 4 N–H and O–H groups in total. The van der Waals surface area contributed by atoms with Gasteiger partial charge in [0.2, 0.25) is 5.78 Å². The Labute approximate surface area is 469 Å². The van der Waals surface area contributed by atoms with Crippen molar-refractivity contribution in [1.29, 1.82) is 0 Å². The lowest BCUT2D eigenvalue weighted by atomic mass is 9.28. The number of fused-ring (bicyclic) bond motifs is 3. The van der Waals surface area contributed by atoms with Gasteiger partial charge in [0, 0.05) is 32.1 Å². The highest BCUT2D eigenvalue weighted by Crippen LogP contribution is 2.80. The topological polar surface area (TPSA) is 231 Å². The fourth-order valence-corrected chi connectivity index (χ4v) is 12.5. The Bertz CT molecular complexity index is 2810. The lowest BCUT2D eigenvalue weighted by Gasteiger charge is -2.79. The Morgan fingerprint density at radius 1 is 0.812 bits per heavy atom. The molecule has 16 heteroatoms. The summed E-state index contributed by atoms with van der Waals surface area (Å²) in [6, 6.07) is 14.7. The molecule has 2 aromatic rings. The van der Waals surface area contributed by atoms with Gasteiger partial charge in [-0.2, -0.15) is 0 Å². The first kappa shape index (κ1) is 60.9. The maximum absolute atomic E-state index is 15.9. The first-order chi connectivity index (χ1) is 38.0. The number of esters is 4. The number of carbonyl (C=O) groups is 6. The van der Waals surface area contributed by atoms with Gasteiger partial charge in [-0.15, -0.1) is 0 Å². The molecule has 0 radical (unpaired) electrons. The summed E-state index contributed by atoms with van der Waals surface area (Å²) in [6.45, 7) is 12.4. The molecule has 4 fully saturated rings. The smallest absolute Gasteiger partial charge is 0.408 e. The van der Waals surface area contributed by atoms with E-state index in [9.17, 15) is 39.3 Å². The van der Waals surface area contributed by atoms with Crippen LogP contribution in [-0.2, 0) is 47.6 Å². The van der Waals surface area contributed by atoms with E-state index in [1.807, 2.05) is 24.3 Å². The molecule has 1 heterocycles. The molecule has 80 heavy (non-hydrogen) atoms. The number of alkyl carbamates (subject to hydrolysis) is 1. The zero-order valence-electron chi connectivity index (χ0n) is 47.3. The van der Waals surface area contributed by atoms with Crippen LogP contribution in [0.4, 0.5) is 4.79 Å². The Kier molecular flexibility index (Phi) is 19.3. The van der Waals surface area contributed by atoms with Gasteiger partial charge in [-0.1, -0.05) is 135 Å². The molecule has 3 saturated carbocycles. The summed E-state index contributed by atoms with van der Waals surface area (Å²) in [4.78, 5) is 85.6. The maximum Gasteiger partial charge on any atom is 0.408 e. The molecule has 1 saturated heterocycles. The van der Waals surface area contributed by atoms with Crippen LogP contribution >= 0.6 is 0 Å². The Morgan fingerprint density at radius 2 is 1.36 bits per heavy atom. The molecule has 1 aliphatic heterocycles. The zero-order chi connectivity index (χ0) is 58.1. The van der Waals surface area contributed by atoms with E-state index in [2.05, 4.69) is 60.8 Å². The number of rotatable bonds is 23. The molecule has 1 amide bonds. The van der Waals surface area contributed by atoms with E-state index in [0.717, 1.165) is 39.0 Å². The molecule has 3 unspecified atom stereocenters. The molecule has 430 valence electrons. The zero-order valence-corrected chi connectivity index (χ0v) is 47.3. The number of Topliss-reactive ketones (excluding diaryl/α,β-unsaturated/α-hetero) is 1. The number of hydrogen-bond donors (Lipinski definition) is 4. The Balaban J connectivity index is 1.19. The van der Waals surface area contributed by atoms with Crippen molar-refractivity contribution in [2.45, 2.75) is 172 Å². The van der Waals surface area contributed by atoms with E-state index in [0.29, 0.717) is 12.0 Å². The normalized spacial score (nSPS) is 30.6. The lowest BCUT2D eigenvalue weighted by Crippen LogP contribution is -2.91. The molecule has 7 rings (SSSR count). The molecule has 0 spiro atoms. The quantitative estimate of drug-likeness (QED) is 0.0461. The van der Waals surface area contributed by atoms with Crippen LogP contribution in [0.5, 0.6) is 0 Å². The van der Waals surface area contributed by atoms with Crippen LogP contribution in [-0.4, -0.2) is 105 Å². The first-order valence-corrected chi connectivity index (χ1v) is 27.9. The number of aliphatic hydroxyl groups is 3. The summed E-state index contributed by atoms with van der Waals surface area (Å²) in [5.41, 5.74) is -10.5. The van der Waals surface area contributed by atoms with Gasteiger partial charge in [0.05, 0.1) is 41.1 Å². The average Bonchev–Trinajstić information content (AvgIpc) is 3.55. The van der Waals surface area contributed by atoms with Crippen LogP contribution < -0.4 is 5.32 Å². The van der Waals surface area contributed by atoms with Crippen molar-refractivity contribution in [1.82, 2.24) is 5.32 Å². The van der Waals surface area contributed by atoms with Gasteiger partial charge in [0.15, 0.2) is 17.5 Å². The van der Waals surface area contributed by atoms with Crippen LogP contribution in [0.25, 0.3) is 0 Å². The number of allylic oxidation sites excluding steroid dienone is 13. The minimum absolute atomic E-state index is 0.0356. The van der Waals surface area contributed by atoms with Crippen LogP contribution in [0.2, 0.25) is 0 Å². The number of ketones is 1. The second-order valence-corrected chi connectivity index (χ2v) is 22.8. The van der Waals surface area contributed by atoms with Crippen molar-refractivity contribution in [2.24, 2.45) is 22.7 Å². The summed E-state index contributed by atoms with van der Waals surface area (Å²) >= 11 is 0. The van der Waals surface area contributed by atoms with Crippen molar-refractivity contribution in [3.05, 3.63) is 156 Å². The van der Waals surface area contributed by atoms with Gasteiger partial charge in [-0.05, 0) is 103 Å². The number of benzene rings is 2. The predicted octanol–water partition coefficient (Wildman–Crippen LogP) is 9.86. The number of ether oxygens (including phenoxy) is 6. The Hall–Kier alpha value is -6.72. The predicted molar refractivity (Wildman–Crippen MR) is 298 cm³/mol. The molecular weight excluding hydrogens is 1020 g/mol. The maximum atomic E-state index is 15.9. The van der Waals surface area contributed by atoms with Crippen molar-refractivity contribution >= 4 is 35.8 Å². The minimum atomic E-state index is -2.35. The van der Waals surface area contributed by atoms with Crippen molar-refractivity contribution in [3.63, 3.8) is 0 Å². The number of aliphatic hydroxyl groups excluding tert-OH is 2. The summed E-state index contributed by atoms with van der Waals surface area (Å²) in [5, 5.41) is 40.6. The molecule has 5 aliphatic rings. The van der Waals surface area contributed by atoms with Gasteiger partial charge < -0.3 is 49.1 Å². The van der Waals surface area contributed by atoms with E-state index in [4.69, 9.17) is 28.4 Å². The molecule has 0 bridgehead atoms. The monoisotopic (exact) mass is 1100 g/mol. The van der Waals surface area contributed by atoms with Crippen LogP contribution in [0.1, 0.15) is 142 Å². The summed E-state index contributed by atoms with van der Waals surface area (Å²) < 4.78 is 36.6. The summed E-state index contributed by atoms with van der Waals surface area (Å²) in [7, 11) is 0. The summed E-state index contributed by atoms with van der Waals surface area (Å²) in [6.07, 6.45) is 21.9. The number of amides is 1. The fourth-order valence-electron chi connectivity index (χ4n) is 12.5. The third-order valence-corrected chi connectivity index (χ3v) is 16.6. The van der Waals surface area contributed by atoms with E-state index in [1.165, 1.54) is 26.0 Å². The third-order valence-electron chi connectivity index (χ3n) is 16.6. The average molecular weight is 1100 g/mol. The minimum Gasteiger partial charge on any atom is -0.455 e. The third kappa shape index (κ3) is 12.0. The largest absolute Gasteiger partial charge is 0.455 e. The van der Waals surface area contributed by atoms with Crippen molar-refractivity contribution in [2.75, 3.05) is 6.61 Å². The number of hydrogen-bond acceptors (Lipinski definition) is 15. The van der Waals surface area contributed by atoms with Crippen LogP contribution in [0, 0.1) is 22.7 Å². The van der Waals surface area contributed by atoms with Gasteiger partial charge in [0.1, 0.15) is 29.0 Å². The van der Waals surface area contributed by atoms with E-state index >= 15 is 4.79 Å². The highest BCUT2D eigenvalue weighted by molar-refractivity contribution is 6.03. The Morgan fingerprint density at radius 3 is 1.89 bits per heavy atom. The fraction of sp³-hybridized carbons (Fsp3) is 0.500. The second kappa shape index (κ2) is 25.4. The van der Waals surface area contributed by atoms with Crippen LogP contribution in [0.15, 0.2) is 145 Å². The molecular formula is C64H79NO15. The summed E-state index contributed by atoms with van der Waals surface area (Å²) in [5.74, 6) is -7.78. The van der Waals surface area contributed by atoms with Gasteiger partial charge in [0.25, 0.3) is 0 Å². The molecule has 2 aromatic carbocycles. The SMILES string of the molecule is CCC=CCC=CCC=CCC=CCC=CCC=CCCC(=O)OC1=C2C(C)C3(OC(=O)[C@H](O)C(NC(=O)OC(C)(C)C)c4ccccc4)C[C@@](O)([C@@H](OC(=O)c4ccccc4)[C@@H]4[C@]5(OC(C)=O)CO[C@@H]5C[C@H](O)[C@@]4(C)C1=O)[C@@]23C. The highest BCUT2D eigenvalue weighted by Gasteiger charge is 2.91. The van der Waals surface area contributed by atoms with Gasteiger partial charge in [-0.3, -0.25) is 14.4 Å². The van der Waals surface area contributed by atoms with Gasteiger partial charge >= 0.3 is 30.0 Å². The molecule has 16 nitrogen and oxygen atoms in total. The van der Waals surface area contributed by atoms with Crippen molar-refractivity contribution in [3.8, 4) is 0 Å². The van der Waals surface area contributed by atoms with Crippen LogP contribution in [0.3, 0.4) is 0 Å². The van der Waals surface area contributed by atoms with E-state index in [-0.39, 0.29) is 37.0 Å². The lowest BCUT2D eigenvalue weighted by molar-refractivity contribution is -0.396. The van der Waals surface area contributed by atoms with Crippen molar-refractivity contribution < 1.29 is 72.5 Å². The number of carbonyl (C=O) groups excluding carboxylic acids is 6. The standard InChI is InChI=1S/C64H79NO15/c1-9-10-11-12-13-14-15-16-17-18-19-20-21-22-23-24-25-26-33-38-48(68)76-52-49-42(2)64(79-57(72)51(69)50(44-34-29-27-30-35-44)65-58(73)80-59(4,5)6)40-63(74,61(49,64)8)55(77-56(71)45-36-31-28-32-37-45)53-60(7,54(52)70)46(67)39-47-62(53,41-75-47)78-43(3)66/h10-11,13-14,16-17,19-20,22-23,25-32,34-37,42,46-47,50-51,53,55,67,69,74H,9,12,15,18,21,24,33,38-41H2,1-8H3,(H,65,73)/t42?,46-,47+,50?,51+,53-,55-,60+,61+,62-,63+,64?/m0/s1. The molecule has 0 aromatic heterocycles.